The van der Waals surface area contributed by atoms with Crippen LogP contribution in [0.3, 0.4) is 0 Å². The number of nitrogens with zero attached hydrogens (tertiary/aromatic N) is 1. The molecule has 1 amide bonds. The van der Waals surface area contributed by atoms with Crippen LogP contribution >= 0.6 is 23.2 Å². The summed E-state index contributed by atoms with van der Waals surface area (Å²) in [5.74, 6) is -0.200. The fraction of sp³-hybridized carbons (Fsp3) is 0.118. The summed E-state index contributed by atoms with van der Waals surface area (Å²) in [6.07, 6.45) is 2.65. The normalized spacial score (nSPS) is 10.7. The molecule has 0 saturated carbocycles. The second-order valence-corrected chi connectivity index (χ2v) is 5.64. The van der Waals surface area contributed by atoms with Gasteiger partial charge in [-0.1, -0.05) is 29.3 Å². The van der Waals surface area contributed by atoms with Gasteiger partial charge in [-0.15, -0.1) is 0 Å². The molecule has 0 fully saturated rings. The van der Waals surface area contributed by atoms with Crippen LogP contribution in [0.1, 0.15) is 12.5 Å². The molecule has 0 radical (unpaired) electrons. The van der Waals surface area contributed by atoms with Crippen LogP contribution in [0.5, 0.6) is 5.75 Å². The molecule has 8 heteroatoms. The zero-order valence-electron chi connectivity index (χ0n) is 13.2. The van der Waals surface area contributed by atoms with Gasteiger partial charge >= 0.3 is 0 Å². The molecule has 6 nitrogen and oxygen atoms in total. The molecule has 130 valence electrons. The molecule has 0 aliphatic heterocycles. The lowest BCUT2D eigenvalue weighted by Gasteiger charge is -2.07. The molecule has 2 rings (SSSR count). The highest BCUT2D eigenvalue weighted by molar-refractivity contribution is 6.37. The SMILES string of the molecule is CCOc1ccc(NC(=O)/C=C/c2c(Cl)cccc2Cl)c([N+](=O)[O-])c1. The Hall–Kier alpha value is -2.57. The Morgan fingerprint density at radius 1 is 1.28 bits per heavy atom. The number of carbonyl (C=O) groups excluding carboxylic acids is 1. The second kappa shape index (κ2) is 8.50. The van der Waals surface area contributed by atoms with Crippen molar-refractivity contribution in [3.05, 3.63) is 68.2 Å². The van der Waals surface area contributed by atoms with Crippen LogP contribution in [0, 0.1) is 10.1 Å². The molecule has 0 atom stereocenters. The number of anilines is 1. The number of nitro benzene ring substituents is 1. The molecule has 0 spiro atoms. The van der Waals surface area contributed by atoms with Crippen LogP contribution in [0.4, 0.5) is 11.4 Å². The van der Waals surface area contributed by atoms with Crippen molar-refractivity contribution in [3.8, 4) is 5.75 Å². The maximum Gasteiger partial charge on any atom is 0.296 e. The molecule has 0 aromatic heterocycles. The van der Waals surface area contributed by atoms with E-state index in [2.05, 4.69) is 5.32 Å². The van der Waals surface area contributed by atoms with Crippen LogP contribution in [-0.4, -0.2) is 17.4 Å². The predicted molar refractivity (Wildman–Crippen MR) is 98.4 cm³/mol. The molecule has 0 aliphatic carbocycles. The highest BCUT2D eigenvalue weighted by atomic mass is 35.5. The number of hydrogen-bond acceptors (Lipinski definition) is 4. The average Bonchev–Trinajstić information content (AvgIpc) is 2.56. The van der Waals surface area contributed by atoms with Gasteiger partial charge in [-0.3, -0.25) is 14.9 Å². The summed E-state index contributed by atoms with van der Waals surface area (Å²) in [5.41, 5.74) is 0.291. The predicted octanol–water partition coefficient (Wildman–Crippen LogP) is 4.95. The maximum atomic E-state index is 12.1. The molecule has 0 bridgehead atoms. The van der Waals surface area contributed by atoms with Gasteiger partial charge in [-0.2, -0.15) is 0 Å². The van der Waals surface area contributed by atoms with Crippen LogP contribution in [-0.2, 0) is 4.79 Å². The minimum atomic E-state index is -0.590. The van der Waals surface area contributed by atoms with Crippen molar-refractivity contribution in [2.24, 2.45) is 0 Å². The highest BCUT2D eigenvalue weighted by Crippen LogP contribution is 2.29. The fourth-order valence-electron chi connectivity index (χ4n) is 2.03. The molecule has 0 saturated heterocycles. The minimum Gasteiger partial charge on any atom is -0.494 e. The number of carbonyl (C=O) groups is 1. The molecule has 2 aromatic carbocycles. The number of halogens is 2. The van der Waals surface area contributed by atoms with Crippen LogP contribution < -0.4 is 10.1 Å². The molecule has 1 N–H and O–H groups in total. The first kappa shape index (κ1) is 18.8. The van der Waals surface area contributed by atoms with E-state index in [0.29, 0.717) is 28.0 Å². The molecule has 0 unspecified atom stereocenters. The largest absolute Gasteiger partial charge is 0.494 e. The number of benzene rings is 2. The highest BCUT2D eigenvalue weighted by Gasteiger charge is 2.16. The monoisotopic (exact) mass is 380 g/mol. The number of rotatable bonds is 6. The summed E-state index contributed by atoms with van der Waals surface area (Å²) in [4.78, 5) is 22.6. The Labute approximate surface area is 154 Å². The summed E-state index contributed by atoms with van der Waals surface area (Å²) in [5, 5.41) is 14.4. The van der Waals surface area contributed by atoms with Gasteiger partial charge in [0, 0.05) is 21.7 Å². The molecular formula is C17H14Cl2N2O4. The topological polar surface area (TPSA) is 81.5 Å². The molecule has 0 heterocycles. The summed E-state index contributed by atoms with van der Waals surface area (Å²) in [6, 6.07) is 9.18. The summed E-state index contributed by atoms with van der Waals surface area (Å²) in [6.45, 7) is 2.15. The first-order valence-electron chi connectivity index (χ1n) is 7.26. The molecular weight excluding hydrogens is 367 g/mol. The molecule has 2 aromatic rings. The first-order chi connectivity index (χ1) is 11.9. The Kier molecular flexibility index (Phi) is 6.38. The van der Waals surface area contributed by atoms with Crippen LogP contribution in [0.15, 0.2) is 42.5 Å². The van der Waals surface area contributed by atoms with Gasteiger partial charge in [0.1, 0.15) is 11.4 Å². The van der Waals surface area contributed by atoms with Gasteiger partial charge in [0.2, 0.25) is 5.91 Å². The third kappa shape index (κ3) is 4.95. The number of nitro groups is 1. The first-order valence-corrected chi connectivity index (χ1v) is 8.02. The number of nitrogens with one attached hydrogen (secondary N) is 1. The van der Waals surface area contributed by atoms with Crippen molar-refractivity contribution >= 4 is 46.6 Å². The van der Waals surface area contributed by atoms with E-state index in [1.165, 1.54) is 24.3 Å². The van der Waals surface area contributed by atoms with E-state index in [0.717, 1.165) is 0 Å². The maximum absolute atomic E-state index is 12.1. The summed E-state index contributed by atoms with van der Waals surface area (Å²) >= 11 is 12.0. The Morgan fingerprint density at radius 3 is 2.56 bits per heavy atom. The van der Waals surface area contributed by atoms with E-state index in [9.17, 15) is 14.9 Å². The zero-order chi connectivity index (χ0) is 18.4. The van der Waals surface area contributed by atoms with Gasteiger partial charge in [0.25, 0.3) is 5.69 Å². The second-order valence-electron chi connectivity index (χ2n) is 4.83. The number of hydrogen-bond donors (Lipinski definition) is 1. The summed E-state index contributed by atoms with van der Waals surface area (Å²) in [7, 11) is 0. The van der Waals surface area contributed by atoms with Crippen molar-refractivity contribution < 1.29 is 14.5 Å². The van der Waals surface area contributed by atoms with Crippen LogP contribution in [0.2, 0.25) is 10.0 Å². The summed E-state index contributed by atoms with van der Waals surface area (Å²) < 4.78 is 5.23. The van der Waals surface area contributed by atoms with Crippen molar-refractivity contribution in [2.75, 3.05) is 11.9 Å². The Bertz CT molecular complexity index is 817. The standard InChI is InChI=1S/C17H14Cl2N2O4/c1-2-25-11-6-8-15(16(10-11)21(23)24)20-17(22)9-7-12-13(18)4-3-5-14(12)19/h3-10H,2H2,1H3,(H,20,22)/b9-7+. The van der Waals surface area contributed by atoms with E-state index < -0.39 is 10.8 Å². The smallest absolute Gasteiger partial charge is 0.296 e. The Morgan fingerprint density at radius 2 is 1.96 bits per heavy atom. The molecule has 0 aliphatic rings. The van der Waals surface area contributed by atoms with Gasteiger partial charge in [0.05, 0.1) is 17.6 Å². The molecule has 25 heavy (non-hydrogen) atoms. The van der Waals surface area contributed by atoms with Gasteiger partial charge in [-0.05, 0) is 37.3 Å². The average molecular weight is 381 g/mol. The Balaban J connectivity index is 2.20. The van der Waals surface area contributed by atoms with Gasteiger partial charge in [0.15, 0.2) is 0 Å². The zero-order valence-corrected chi connectivity index (χ0v) is 14.7. The fourth-order valence-corrected chi connectivity index (χ4v) is 2.55. The van der Waals surface area contributed by atoms with Crippen molar-refractivity contribution in [3.63, 3.8) is 0 Å². The van der Waals surface area contributed by atoms with Crippen molar-refractivity contribution in [1.29, 1.82) is 0 Å². The van der Waals surface area contributed by atoms with Gasteiger partial charge < -0.3 is 10.1 Å². The lowest BCUT2D eigenvalue weighted by atomic mass is 10.2. The number of ether oxygens (including phenoxy) is 1. The quantitative estimate of drug-likeness (QED) is 0.436. The lowest BCUT2D eigenvalue weighted by molar-refractivity contribution is -0.384. The van der Waals surface area contributed by atoms with E-state index >= 15 is 0 Å². The third-order valence-electron chi connectivity index (χ3n) is 3.14. The van der Waals surface area contributed by atoms with E-state index in [1.807, 2.05) is 0 Å². The van der Waals surface area contributed by atoms with E-state index in [4.69, 9.17) is 27.9 Å². The van der Waals surface area contributed by atoms with Crippen LogP contribution in [0.25, 0.3) is 6.08 Å². The van der Waals surface area contributed by atoms with E-state index in [1.54, 1.807) is 31.2 Å². The van der Waals surface area contributed by atoms with E-state index in [-0.39, 0.29) is 11.4 Å². The minimum absolute atomic E-state index is 0.0633. The van der Waals surface area contributed by atoms with Crippen molar-refractivity contribution in [1.82, 2.24) is 0 Å². The number of amides is 1. The van der Waals surface area contributed by atoms with Crippen molar-refractivity contribution in [2.45, 2.75) is 6.92 Å². The third-order valence-corrected chi connectivity index (χ3v) is 3.80. The lowest BCUT2D eigenvalue weighted by Crippen LogP contribution is -2.10. The van der Waals surface area contributed by atoms with Gasteiger partial charge in [-0.25, -0.2) is 0 Å².